The van der Waals surface area contributed by atoms with Crippen molar-refractivity contribution in [2.75, 3.05) is 13.1 Å². The first kappa shape index (κ1) is 17.3. The number of aryl methyl sites for hydroxylation is 2. The van der Waals surface area contributed by atoms with Crippen molar-refractivity contribution in [1.82, 2.24) is 4.90 Å². The number of nitrogens with two attached hydrogens (primary N) is 1. The smallest absolute Gasteiger partial charge is 0.225 e. The van der Waals surface area contributed by atoms with Crippen molar-refractivity contribution in [1.29, 1.82) is 0 Å². The highest BCUT2D eigenvalue weighted by atomic mass is 16.5. The minimum atomic E-state index is 0.144. The third kappa shape index (κ3) is 4.10. The normalized spacial score (nSPS) is 25.5. The van der Waals surface area contributed by atoms with Gasteiger partial charge in [-0.3, -0.25) is 4.79 Å². The number of carbonyl (C=O) groups excluding carboxylic acids is 1. The van der Waals surface area contributed by atoms with Gasteiger partial charge in [0.2, 0.25) is 5.91 Å². The molecule has 1 heterocycles. The summed E-state index contributed by atoms with van der Waals surface area (Å²) >= 11 is 0. The number of ether oxygens (including phenoxy) is 1. The van der Waals surface area contributed by atoms with E-state index in [0.29, 0.717) is 5.91 Å². The van der Waals surface area contributed by atoms with Crippen LogP contribution in [0.4, 0.5) is 0 Å². The molecule has 2 fully saturated rings. The first-order valence-electron chi connectivity index (χ1n) is 9.31. The van der Waals surface area contributed by atoms with Crippen molar-refractivity contribution in [3.05, 3.63) is 29.3 Å². The molecule has 4 nitrogen and oxygen atoms in total. The summed E-state index contributed by atoms with van der Waals surface area (Å²) in [4.78, 5) is 14.7. The zero-order valence-corrected chi connectivity index (χ0v) is 15.0. The van der Waals surface area contributed by atoms with E-state index in [-0.39, 0.29) is 18.1 Å². The molecular weight excluding hydrogens is 300 g/mol. The van der Waals surface area contributed by atoms with Crippen LogP contribution >= 0.6 is 0 Å². The zero-order valence-electron chi connectivity index (χ0n) is 15.0. The Labute approximate surface area is 145 Å². The van der Waals surface area contributed by atoms with E-state index in [9.17, 15) is 4.79 Å². The molecule has 0 spiro atoms. The van der Waals surface area contributed by atoms with Crippen molar-refractivity contribution in [3.63, 3.8) is 0 Å². The maximum atomic E-state index is 12.7. The second-order valence-corrected chi connectivity index (χ2v) is 7.51. The Hall–Kier alpha value is -1.55. The maximum absolute atomic E-state index is 12.7. The number of carbonyl (C=O) groups is 1. The molecule has 3 rings (SSSR count). The van der Waals surface area contributed by atoms with E-state index in [1.54, 1.807) is 0 Å². The minimum Gasteiger partial charge on any atom is -0.490 e. The Bertz CT molecular complexity index is 579. The van der Waals surface area contributed by atoms with Crippen LogP contribution in [0.2, 0.25) is 0 Å². The van der Waals surface area contributed by atoms with E-state index in [1.807, 2.05) is 11.0 Å². The lowest BCUT2D eigenvalue weighted by atomic mass is 9.85. The Morgan fingerprint density at radius 3 is 2.54 bits per heavy atom. The van der Waals surface area contributed by atoms with Crippen molar-refractivity contribution in [2.24, 2.45) is 11.7 Å². The summed E-state index contributed by atoms with van der Waals surface area (Å²) in [6.07, 6.45) is 6.06. The Balaban J connectivity index is 1.50. The van der Waals surface area contributed by atoms with Gasteiger partial charge < -0.3 is 15.4 Å². The summed E-state index contributed by atoms with van der Waals surface area (Å²) in [5.74, 6) is 1.40. The minimum absolute atomic E-state index is 0.144. The van der Waals surface area contributed by atoms with Gasteiger partial charge >= 0.3 is 0 Å². The summed E-state index contributed by atoms with van der Waals surface area (Å²) in [6.45, 7) is 5.83. The van der Waals surface area contributed by atoms with Crippen molar-refractivity contribution in [2.45, 2.75) is 64.5 Å². The molecule has 0 radical (unpaired) electrons. The van der Waals surface area contributed by atoms with Crippen LogP contribution in [0.15, 0.2) is 18.2 Å². The fraction of sp³-hybridized carbons (Fsp3) is 0.650. The number of rotatable bonds is 3. The van der Waals surface area contributed by atoms with Gasteiger partial charge in [-0.25, -0.2) is 0 Å². The first-order chi connectivity index (χ1) is 11.5. The largest absolute Gasteiger partial charge is 0.490 e. The molecule has 1 aliphatic carbocycles. The van der Waals surface area contributed by atoms with Gasteiger partial charge in [0.25, 0.3) is 0 Å². The van der Waals surface area contributed by atoms with Crippen LogP contribution in [0, 0.1) is 19.8 Å². The van der Waals surface area contributed by atoms with E-state index in [2.05, 4.69) is 26.0 Å². The molecule has 1 aromatic rings. The number of hydrogen-bond donors (Lipinski definition) is 1. The highest BCUT2D eigenvalue weighted by Crippen LogP contribution is 2.27. The van der Waals surface area contributed by atoms with Crippen LogP contribution in [-0.2, 0) is 4.79 Å². The van der Waals surface area contributed by atoms with E-state index < -0.39 is 0 Å². The maximum Gasteiger partial charge on any atom is 0.225 e. The fourth-order valence-electron chi connectivity index (χ4n) is 3.88. The zero-order chi connectivity index (χ0) is 17.1. The van der Waals surface area contributed by atoms with Gasteiger partial charge in [-0.15, -0.1) is 0 Å². The fourth-order valence-corrected chi connectivity index (χ4v) is 3.88. The number of hydrogen-bond acceptors (Lipinski definition) is 3. The van der Waals surface area contributed by atoms with Gasteiger partial charge in [-0.05, 0) is 56.4 Å². The lowest BCUT2D eigenvalue weighted by molar-refractivity contribution is -0.138. The molecule has 2 aliphatic rings. The highest BCUT2D eigenvalue weighted by molar-refractivity contribution is 5.79. The summed E-state index contributed by atoms with van der Waals surface area (Å²) in [5.41, 5.74) is 8.58. The molecule has 0 bridgehead atoms. The highest BCUT2D eigenvalue weighted by Gasteiger charge is 2.31. The van der Waals surface area contributed by atoms with Gasteiger partial charge in [-0.1, -0.05) is 12.5 Å². The van der Waals surface area contributed by atoms with Crippen LogP contribution in [0.25, 0.3) is 0 Å². The first-order valence-corrected chi connectivity index (χ1v) is 9.31. The van der Waals surface area contributed by atoms with Gasteiger partial charge in [0, 0.05) is 37.9 Å². The SMILES string of the molecule is Cc1ccc(OC2CCN(C(=O)[C@H]3CCC[C@@H](N)C3)CC2)cc1C. The van der Waals surface area contributed by atoms with Crippen LogP contribution in [0.5, 0.6) is 5.75 Å². The van der Waals surface area contributed by atoms with Crippen LogP contribution in [-0.4, -0.2) is 36.0 Å². The lowest BCUT2D eigenvalue weighted by Gasteiger charge is -2.36. The quantitative estimate of drug-likeness (QED) is 0.926. The molecule has 1 saturated heterocycles. The molecule has 4 heteroatoms. The van der Waals surface area contributed by atoms with Crippen LogP contribution in [0.1, 0.15) is 49.7 Å². The molecule has 1 aliphatic heterocycles. The van der Waals surface area contributed by atoms with Gasteiger partial charge in [0.1, 0.15) is 11.9 Å². The van der Waals surface area contributed by atoms with E-state index in [4.69, 9.17) is 10.5 Å². The molecule has 132 valence electrons. The average molecular weight is 330 g/mol. The summed E-state index contributed by atoms with van der Waals surface area (Å²) in [6, 6.07) is 6.47. The van der Waals surface area contributed by atoms with Gasteiger partial charge in [0.05, 0.1) is 0 Å². The van der Waals surface area contributed by atoms with Gasteiger partial charge in [0.15, 0.2) is 0 Å². The lowest BCUT2D eigenvalue weighted by Crippen LogP contribution is -2.46. The van der Waals surface area contributed by atoms with E-state index in [0.717, 1.165) is 57.4 Å². The standard InChI is InChI=1S/C20H30N2O2/c1-14-6-7-19(12-15(14)2)24-18-8-10-22(11-9-18)20(23)16-4-3-5-17(21)13-16/h6-7,12,16-18H,3-5,8-11,13,21H2,1-2H3/t16-,17+/m0/s1. The van der Waals surface area contributed by atoms with Crippen LogP contribution < -0.4 is 10.5 Å². The molecule has 0 aromatic heterocycles. The third-order valence-corrected chi connectivity index (χ3v) is 5.60. The van der Waals surface area contributed by atoms with Crippen molar-refractivity contribution in [3.8, 4) is 5.75 Å². The van der Waals surface area contributed by atoms with Gasteiger partial charge in [-0.2, -0.15) is 0 Å². The Morgan fingerprint density at radius 1 is 1.12 bits per heavy atom. The number of nitrogens with zero attached hydrogens (tertiary/aromatic N) is 1. The molecule has 0 unspecified atom stereocenters. The second kappa shape index (κ2) is 7.56. The Kier molecular flexibility index (Phi) is 5.44. The predicted octanol–water partition coefficient (Wildman–Crippen LogP) is 3.19. The van der Waals surface area contributed by atoms with Crippen LogP contribution in [0.3, 0.4) is 0 Å². The topological polar surface area (TPSA) is 55.6 Å². The monoisotopic (exact) mass is 330 g/mol. The number of piperidine rings is 1. The molecule has 1 aromatic carbocycles. The average Bonchev–Trinajstić information content (AvgIpc) is 2.58. The van der Waals surface area contributed by atoms with Crippen molar-refractivity contribution >= 4 is 5.91 Å². The van der Waals surface area contributed by atoms with E-state index in [1.165, 1.54) is 11.1 Å². The molecule has 1 amide bonds. The van der Waals surface area contributed by atoms with Crippen molar-refractivity contribution < 1.29 is 9.53 Å². The molecule has 2 atom stereocenters. The second-order valence-electron chi connectivity index (χ2n) is 7.51. The number of benzene rings is 1. The summed E-state index contributed by atoms with van der Waals surface area (Å²) in [5, 5.41) is 0. The van der Waals surface area contributed by atoms with E-state index >= 15 is 0 Å². The third-order valence-electron chi connectivity index (χ3n) is 5.60. The number of amides is 1. The molecular formula is C20H30N2O2. The number of likely N-dealkylation sites (tertiary alicyclic amines) is 1. The summed E-state index contributed by atoms with van der Waals surface area (Å²) < 4.78 is 6.12. The summed E-state index contributed by atoms with van der Waals surface area (Å²) in [7, 11) is 0. The molecule has 24 heavy (non-hydrogen) atoms. The molecule has 1 saturated carbocycles. The predicted molar refractivity (Wildman–Crippen MR) is 96.1 cm³/mol. The molecule has 2 N–H and O–H groups in total. The Morgan fingerprint density at radius 2 is 1.88 bits per heavy atom.